The van der Waals surface area contributed by atoms with Crippen molar-refractivity contribution in [2.75, 3.05) is 19.8 Å². The van der Waals surface area contributed by atoms with E-state index in [1.807, 2.05) is 0 Å². The first kappa shape index (κ1) is 15.5. The quantitative estimate of drug-likeness (QED) is 0.843. The molecule has 1 unspecified atom stereocenters. The second-order valence-electron chi connectivity index (χ2n) is 4.74. The van der Waals surface area contributed by atoms with Crippen LogP contribution in [0.25, 0.3) is 0 Å². The number of hydrogen-bond acceptors (Lipinski definition) is 4. The second-order valence-corrected chi connectivity index (χ2v) is 7.03. The maximum atomic E-state index is 11.9. The monoisotopic (exact) mass is 361 g/mol. The van der Waals surface area contributed by atoms with E-state index in [2.05, 4.69) is 21.2 Å². The van der Waals surface area contributed by atoms with Crippen LogP contribution in [0.15, 0.2) is 15.2 Å². The summed E-state index contributed by atoms with van der Waals surface area (Å²) in [4.78, 5) is 23.3. The molecule has 7 heteroatoms. The lowest BCUT2D eigenvalue weighted by Gasteiger charge is -2.27. The second kappa shape index (κ2) is 7.19. The molecular formula is C13H16BrNO4S. The number of hydrogen-bond donors (Lipinski definition) is 2. The molecule has 2 N–H and O–H groups in total. The number of carboxylic acids is 1. The minimum Gasteiger partial charge on any atom is -0.481 e. The van der Waals surface area contributed by atoms with E-state index in [9.17, 15) is 14.7 Å². The van der Waals surface area contributed by atoms with Gasteiger partial charge in [-0.3, -0.25) is 9.59 Å². The van der Waals surface area contributed by atoms with Crippen LogP contribution in [0.2, 0.25) is 0 Å². The van der Waals surface area contributed by atoms with E-state index in [1.54, 1.807) is 11.4 Å². The van der Waals surface area contributed by atoms with Crippen LogP contribution in [-0.4, -0.2) is 36.7 Å². The van der Waals surface area contributed by atoms with Crippen LogP contribution in [-0.2, 0) is 9.53 Å². The molecule has 1 amide bonds. The van der Waals surface area contributed by atoms with Gasteiger partial charge < -0.3 is 15.2 Å². The van der Waals surface area contributed by atoms with Crippen molar-refractivity contribution in [1.82, 2.24) is 5.32 Å². The third-order valence-corrected chi connectivity index (χ3v) is 4.97. The lowest BCUT2D eigenvalue weighted by molar-refractivity contribution is -0.144. The Kier molecular flexibility index (Phi) is 5.56. The number of carbonyl (C=O) groups excluding carboxylic acids is 1. The third kappa shape index (κ3) is 4.04. The zero-order chi connectivity index (χ0) is 14.5. The molecule has 2 heterocycles. The Labute approximate surface area is 129 Å². The minimum atomic E-state index is -0.858. The van der Waals surface area contributed by atoms with Crippen LogP contribution >= 0.6 is 27.3 Å². The summed E-state index contributed by atoms with van der Waals surface area (Å²) in [6, 6.07) is 1.73. The van der Waals surface area contributed by atoms with E-state index in [1.165, 1.54) is 11.3 Å². The predicted molar refractivity (Wildman–Crippen MR) is 79.0 cm³/mol. The molecule has 1 aliphatic heterocycles. The van der Waals surface area contributed by atoms with Gasteiger partial charge >= 0.3 is 5.97 Å². The summed E-state index contributed by atoms with van der Waals surface area (Å²) in [6.45, 7) is 1.35. The maximum Gasteiger partial charge on any atom is 0.308 e. The van der Waals surface area contributed by atoms with E-state index in [4.69, 9.17) is 4.74 Å². The van der Waals surface area contributed by atoms with Gasteiger partial charge in [-0.05, 0) is 40.8 Å². The van der Waals surface area contributed by atoms with Crippen molar-refractivity contribution in [3.63, 3.8) is 0 Å². The average molecular weight is 362 g/mol. The lowest BCUT2D eigenvalue weighted by atomic mass is 9.86. The number of rotatable bonds is 5. The number of ether oxygens (including phenoxy) is 1. The predicted octanol–water partition coefficient (Wildman–Crippen LogP) is 2.37. The smallest absolute Gasteiger partial charge is 0.308 e. The van der Waals surface area contributed by atoms with E-state index >= 15 is 0 Å². The van der Waals surface area contributed by atoms with E-state index < -0.39 is 11.9 Å². The minimum absolute atomic E-state index is 0.0655. The van der Waals surface area contributed by atoms with Crippen molar-refractivity contribution in [2.24, 2.45) is 11.8 Å². The molecule has 1 saturated heterocycles. The summed E-state index contributed by atoms with van der Waals surface area (Å²) in [5.41, 5.74) is 0.554. The molecule has 1 aromatic heterocycles. The third-order valence-electron chi connectivity index (χ3n) is 3.46. The summed E-state index contributed by atoms with van der Waals surface area (Å²) in [5.74, 6) is -1.57. The Balaban J connectivity index is 1.91. The standard InChI is InChI=1S/C13H16BrNO4S/c14-11-5-9(7-20-11)12(16)15-6-10(13(17)18)8-1-3-19-4-2-8/h5,7-8,10H,1-4,6H2,(H,15,16)(H,17,18). The van der Waals surface area contributed by atoms with Crippen molar-refractivity contribution >= 4 is 39.1 Å². The first-order chi connectivity index (χ1) is 9.58. The molecular weight excluding hydrogens is 346 g/mol. The Morgan fingerprint density at radius 3 is 2.75 bits per heavy atom. The highest BCUT2D eigenvalue weighted by atomic mass is 79.9. The number of aliphatic carboxylic acids is 1. The number of carbonyl (C=O) groups is 2. The molecule has 0 aromatic carbocycles. The summed E-state index contributed by atoms with van der Waals surface area (Å²) < 4.78 is 6.12. The molecule has 0 bridgehead atoms. The van der Waals surface area contributed by atoms with Gasteiger partial charge in [-0.2, -0.15) is 0 Å². The van der Waals surface area contributed by atoms with E-state index in [0.717, 1.165) is 16.6 Å². The van der Waals surface area contributed by atoms with E-state index in [-0.39, 0.29) is 18.4 Å². The fourth-order valence-electron chi connectivity index (χ4n) is 2.31. The highest BCUT2D eigenvalue weighted by molar-refractivity contribution is 9.11. The Morgan fingerprint density at radius 2 is 2.20 bits per heavy atom. The molecule has 110 valence electrons. The summed E-state index contributed by atoms with van der Waals surface area (Å²) >= 11 is 4.72. The van der Waals surface area contributed by atoms with Crippen LogP contribution < -0.4 is 5.32 Å². The topological polar surface area (TPSA) is 75.6 Å². The lowest BCUT2D eigenvalue weighted by Crippen LogP contribution is -2.38. The van der Waals surface area contributed by atoms with Gasteiger partial charge in [0.25, 0.3) is 5.91 Å². The fourth-order valence-corrected chi connectivity index (χ4v) is 3.44. The molecule has 0 aliphatic carbocycles. The van der Waals surface area contributed by atoms with Crippen LogP contribution in [0.4, 0.5) is 0 Å². The SMILES string of the molecule is O=C(NCC(C(=O)O)C1CCOCC1)c1csc(Br)c1. The maximum absolute atomic E-state index is 11.9. The molecule has 0 radical (unpaired) electrons. The molecule has 20 heavy (non-hydrogen) atoms. The molecule has 2 rings (SSSR count). The van der Waals surface area contributed by atoms with Crippen molar-refractivity contribution in [3.8, 4) is 0 Å². The number of nitrogens with one attached hydrogen (secondary N) is 1. The highest BCUT2D eigenvalue weighted by Gasteiger charge is 2.30. The first-order valence-corrected chi connectivity index (χ1v) is 8.08. The molecule has 0 saturated carbocycles. The van der Waals surface area contributed by atoms with Gasteiger partial charge in [0.15, 0.2) is 0 Å². The molecule has 1 aliphatic rings. The van der Waals surface area contributed by atoms with Gasteiger partial charge in [0.05, 0.1) is 15.3 Å². The van der Waals surface area contributed by atoms with Crippen molar-refractivity contribution in [1.29, 1.82) is 0 Å². The fraction of sp³-hybridized carbons (Fsp3) is 0.538. The number of halogens is 1. The van der Waals surface area contributed by atoms with Gasteiger partial charge in [0.2, 0.25) is 0 Å². The molecule has 1 fully saturated rings. The number of thiophene rings is 1. The van der Waals surface area contributed by atoms with Crippen molar-refractivity contribution in [3.05, 3.63) is 20.8 Å². The molecule has 1 atom stereocenters. The molecule has 1 aromatic rings. The normalized spacial score (nSPS) is 17.6. The van der Waals surface area contributed by atoms with Gasteiger partial charge in [-0.15, -0.1) is 11.3 Å². The first-order valence-electron chi connectivity index (χ1n) is 6.40. The molecule has 0 spiro atoms. The van der Waals surface area contributed by atoms with Crippen molar-refractivity contribution < 1.29 is 19.4 Å². The number of amides is 1. The number of carboxylic acid groups (broad SMARTS) is 1. The van der Waals surface area contributed by atoms with Crippen molar-refractivity contribution in [2.45, 2.75) is 12.8 Å². The van der Waals surface area contributed by atoms with Crippen LogP contribution in [0.3, 0.4) is 0 Å². The van der Waals surface area contributed by atoms with Gasteiger partial charge in [-0.25, -0.2) is 0 Å². The summed E-state index contributed by atoms with van der Waals surface area (Å²) in [7, 11) is 0. The van der Waals surface area contributed by atoms with E-state index in [0.29, 0.717) is 18.8 Å². The van der Waals surface area contributed by atoms with Gasteiger partial charge in [0.1, 0.15) is 0 Å². The average Bonchev–Trinajstić information content (AvgIpc) is 2.86. The van der Waals surface area contributed by atoms with Crippen LogP contribution in [0.5, 0.6) is 0 Å². The Hall–Kier alpha value is -0.920. The Bertz CT molecular complexity index is 484. The van der Waals surface area contributed by atoms with Crippen LogP contribution in [0, 0.1) is 11.8 Å². The van der Waals surface area contributed by atoms with Gasteiger partial charge in [-0.1, -0.05) is 0 Å². The Morgan fingerprint density at radius 1 is 1.50 bits per heavy atom. The zero-order valence-electron chi connectivity index (χ0n) is 10.8. The zero-order valence-corrected chi connectivity index (χ0v) is 13.2. The van der Waals surface area contributed by atoms with Crippen LogP contribution in [0.1, 0.15) is 23.2 Å². The highest BCUT2D eigenvalue weighted by Crippen LogP contribution is 2.24. The van der Waals surface area contributed by atoms with Gasteiger partial charge in [0, 0.05) is 25.1 Å². The largest absolute Gasteiger partial charge is 0.481 e. The summed E-state index contributed by atoms with van der Waals surface area (Å²) in [6.07, 6.45) is 1.47. The summed E-state index contributed by atoms with van der Waals surface area (Å²) in [5, 5.41) is 13.8. The molecule has 5 nitrogen and oxygen atoms in total.